The Kier molecular flexibility index (Phi) is 4.23. The normalized spacial score (nSPS) is 20.0. The van der Waals surface area contributed by atoms with Crippen molar-refractivity contribution in [3.8, 4) is 6.07 Å². The molecule has 1 saturated heterocycles. The van der Waals surface area contributed by atoms with Crippen molar-refractivity contribution in [3.05, 3.63) is 65.0 Å². The second kappa shape index (κ2) is 6.34. The summed E-state index contributed by atoms with van der Waals surface area (Å²) in [5.74, 6) is -2.46. The molecule has 7 heteroatoms. The summed E-state index contributed by atoms with van der Waals surface area (Å²) in [7, 11) is 0. The number of benzene rings is 1. The van der Waals surface area contributed by atoms with Crippen LogP contribution in [-0.4, -0.2) is 33.5 Å². The maximum absolute atomic E-state index is 13.5. The molecule has 0 saturated carbocycles. The number of hydrogen-bond acceptors (Lipinski definition) is 4. The molecule has 1 N–H and O–H groups in total. The van der Waals surface area contributed by atoms with Crippen molar-refractivity contribution >= 4 is 5.91 Å². The highest BCUT2D eigenvalue weighted by molar-refractivity contribution is 5.93. The van der Waals surface area contributed by atoms with E-state index in [9.17, 15) is 18.7 Å². The van der Waals surface area contributed by atoms with Crippen LogP contribution in [0.2, 0.25) is 0 Å². The third-order valence-corrected chi connectivity index (χ3v) is 3.98. The first kappa shape index (κ1) is 16.0. The number of rotatable bonds is 2. The van der Waals surface area contributed by atoms with E-state index in [1.807, 2.05) is 6.07 Å². The Labute approximate surface area is 136 Å². The zero-order valence-electron chi connectivity index (χ0n) is 12.5. The molecule has 5 nitrogen and oxygen atoms in total. The second-order valence-corrected chi connectivity index (χ2v) is 5.58. The van der Waals surface area contributed by atoms with Crippen molar-refractivity contribution in [1.82, 2.24) is 9.88 Å². The molecular weight excluding hydrogens is 316 g/mol. The van der Waals surface area contributed by atoms with E-state index in [-0.39, 0.29) is 24.2 Å². The summed E-state index contributed by atoms with van der Waals surface area (Å²) in [5, 5.41) is 18.8. The number of nitriles is 1. The summed E-state index contributed by atoms with van der Waals surface area (Å²) in [6.07, 6.45) is 0.797. The molecule has 2 aromatic rings. The maximum atomic E-state index is 13.5. The van der Waals surface area contributed by atoms with Gasteiger partial charge < -0.3 is 10.0 Å². The maximum Gasteiger partial charge on any atom is 0.273 e. The van der Waals surface area contributed by atoms with Gasteiger partial charge in [0.25, 0.3) is 5.91 Å². The van der Waals surface area contributed by atoms with Crippen LogP contribution in [0.4, 0.5) is 8.78 Å². The number of hydrogen-bond donors (Lipinski definition) is 1. The molecule has 0 radical (unpaired) electrons. The summed E-state index contributed by atoms with van der Waals surface area (Å²) >= 11 is 0. The lowest BCUT2D eigenvalue weighted by Crippen LogP contribution is -2.32. The monoisotopic (exact) mass is 329 g/mol. The molecule has 1 amide bonds. The van der Waals surface area contributed by atoms with Crippen molar-refractivity contribution in [2.75, 3.05) is 6.54 Å². The fourth-order valence-electron chi connectivity index (χ4n) is 2.84. The van der Waals surface area contributed by atoms with Crippen LogP contribution in [0, 0.1) is 23.0 Å². The highest BCUT2D eigenvalue weighted by Gasteiger charge is 2.36. The predicted molar refractivity (Wildman–Crippen MR) is 79.7 cm³/mol. The number of likely N-dealkylation sites (tertiary alicyclic amines) is 1. The minimum absolute atomic E-state index is 0.0565. The number of aromatic nitrogens is 1. The summed E-state index contributed by atoms with van der Waals surface area (Å²) in [6.45, 7) is 0.0565. The molecule has 2 atom stereocenters. The predicted octanol–water partition coefficient (Wildman–Crippen LogP) is 2.18. The molecule has 0 unspecified atom stereocenters. The summed E-state index contributed by atoms with van der Waals surface area (Å²) < 4.78 is 26.6. The first-order valence-electron chi connectivity index (χ1n) is 7.29. The highest BCUT2D eigenvalue weighted by atomic mass is 19.2. The van der Waals surface area contributed by atoms with Crippen LogP contribution in [-0.2, 0) is 0 Å². The Morgan fingerprint density at radius 1 is 1.29 bits per heavy atom. The number of pyridine rings is 1. The Morgan fingerprint density at radius 2 is 2.08 bits per heavy atom. The van der Waals surface area contributed by atoms with E-state index < -0.39 is 29.7 Å². The summed E-state index contributed by atoms with van der Waals surface area (Å²) in [4.78, 5) is 18.0. The minimum atomic E-state index is -1.01. The third kappa shape index (κ3) is 2.96. The van der Waals surface area contributed by atoms with Gasteiger partial charge in [0.05, 0.1) is 23.8 Å². The molecule has 1 aliphatic rings. The summed E-state index contributed by atoms with van der Waals surface area (Å²) in [5.41, 5.74) is 0.753. The topological polar surface area (TPSA) is 77.2 Å². The van der Waals surface area contributed by atoms with E-state index >= 15 is 0 Å². The van der Waals surface area contributed by atoms with E-state index in [0.29, 0.717) is 5.56 Å². The molecule has 0 aliphatic carbocycles. The van der Waals surface area contributed by atoms with Crippen LogP contribution in [0.1, 0.15) is 34.1 Å². The van der Waals surface area contributed by atoms with Crippen LogP contribution in [0.5, 0.6) is 0 Å². The Morgan fingerprint density at radius 3 is 2.79 bits per heavy atom. The molecule has 1 aliphatic heterocycles. The van der Waals surface area contributed by atoms with Crippen LogP contribution < -0.4 is 0 Å². The average Bonchev–Trinajstić information content (AvgIpc) is 2.98. The zero-order valence-corrected chi connectivity index (χ0v) is 12.5. The molecule has 24 heavy (non-hydrogen) atoms. The van der Waals surface area contributed by atoms with E-state index in [1.165, 1.54) is 29.3 Å². The first-order valence-corrected chi connectivity index (χ1v) is 7.29. The average molecular weight is 329 g/mol. The Balaban J connectivity index is 1.93. The van der Waals surface area contributed by atoms with E-state index in [2.05, 4.69) is 4.98 Å². The number of halogens is 2. The Hall–Kier alpha value is -2.85. The Bertz CT molecular complexity index is 835. The van der Waals surface area contributed by atoms with E-state index in [1.54, 1.807) is 0 Å². The van der Waals surface area contributed by atoms with Gasteiger partial charge in [0.1, 0.15) is 5.69 Å². The van der Waals surface area contributed by atoms with Gasteiger partial charge in [0.15, 0.2) is 11.6 Å². The largest absolute Gasteiger partial charge is 0.391 e. The van der Waals surface area contributed by atoms with E-state index in [4.69, 9.17) is 5.26 Å². The van der Waals surface area contributed by atoms with Gasteiger partial charge in [-0.25, -0.2) is 8.78 Å². The van der Waals surface area contributed by atoms with Gasteiger partial charge in [-0.05, 0) is 36.2 Å². The van der Waals surface area contributed by atoms with E-state index in [0.717, 1.165) is 12.1 Å². The third-order valence-electron chi connectivity index (χ3n) is 3.98. The first-order chi connectivity index (χ1) is 11.5. The fraction of sp³-hybridized carbons (Fsp3) is 0.235. The van der Waals surface area contributed by atoms with Gasteiger partial charge in [-0.3, -0.25) is 9.78 Å². The SMILES string of the molecule is N#Cc1ccnc(C(=O)N2C[C@H](O)C[C@H]2c2ccc(F)c(F)c2)c1. The quantitative estimate of drug-likeness (QED) is 0.916. The molecule has 0 spiro atoms. The van der Waals surface area contributed by atoms with Crippen molar-refractivity contribution < 1.29 is 18.7 Å². The van der Waals surface area contributed by atoms with Crippen molar-refractivity contribution in [1.29, 1.82) is 5.26 Å². The molecule has 3 rings (SSSR count). The molecule has 1 aromatic heterocycles. The van der Waals surface area contributed by atoms with Crippen LogP contribution in [0.3, 0.4) is 0 Å². The smallest absolute Gasteiger partial charge is 0.273 e. The van der Waals surface area contributed by atoms with Crippen LogP contribution in [0.15, 0.2) is 36.5 Å². The number of nitrogens with zero attached hydrogens (tertiary/aromatic N) is 3. The van der Waals surface area contributed by atoms with Crippen molar-refractivity contribution in [3.63, 3.8) is 0 Å². The standard InChI is InChI=1S/C17H13F2N3O2/c18-13-2-1-11(6-14(13)19)16-7-12(23)9-22(16)17(24)15-5-10(8-20)3-4-21-15/h1-6,12,16,23H,7,9H2/t12-,16+/m1/s1. The molecule has 2 heterocycles. The van der Waals surface area contributed by atoms with Gasteiger partial charge in [-0.15, -0.1) is 0 Å². The summed E-state index contributed by atoms with van der Waals surface area (Å²) in [6, 6.07) is 7.58. The van der Waals surface area contributed by atoms with Crippen molar-refractivity contribution in [2.24, 2.45) is 0 Å². The zero-order chi connectivity index (χ0) is 17.3. The van der Waals surface area contributed by atoms with Gasteiger partial charge in [-0.2, -0.15) is 5.26 Å². The van der Waals surface area contributed by atoms with Gasteiger partial charge in [0, 0.05) is 12.7 Å². The fourth-order valence-corrected chi connectivity index (χ4v) is 2.84. The number of amides is 1. The number of aliphatic hydroxyl groups excluding tert-OH is 1. The lowest BCUT2D eigenvalue weighted by atomic mass is 10.0. The van der Waals surface area contributed by atoms with Crippen LogP contribution in [0.25, 0.3) is 0 Å². The molecular formula is C17H13F2N3O2. The molecule has 1 aromatic carbocycles. The van der Waals surface area contributed by atoms with Crippen molar-refractivity contribution in [2.45, 2.75) is 18.6 Å². The van der Waals surface area contributed by atoms with Gasteiger partial charge >= 0.3 is 0 Å². The number of β-amino-alcohol motifs (C(OH)–C–C–N with tert-alkyl or cyclic N) is 1. The molecule has 1 fully saturated rings. The highest BCUT2D eigenvalue weighted by Crippen LogP contribution is 2.33. The lowest BCUT2D eigenvalue weighted by molar-refractivity contribution is 0.0709. The van der Waals surface area contributed by atoms with Gasteiger partial charge in [-0.1, -0.05) is 6.07 Å². The molecule has 0 bridgehead atoms. The number of carbonyl (C=O) groups excluding carboxylic acids is 1. The van der Waals surface area contributed by atoms with Gasteiger partial charge in [0.2, 0.25) is 0 Å². The minimum Gasteiger partial charge on any atom is -0.391 e. The lowest BCUT2D eigenvalue weighted by Gasteiger charge is -2.24. The number of carbonyl (C=O) groups is 1. The second-order valence-electron chi connectivity index (χ2n) is 5.58. The van der Waals surface area contributed by atoms with Crippen LogP contribution >= 0.6 is 0 Å². The number of aliphatic hydroxyl groups is 1. The molecule has 122 valence electrons.